The lowest BCUT2D eigenvalue weighted by molar-refractivity contribution is -0.206. The first-order valence-electron chi connectivity index (χ1n) is 7.90. The molecule has 1 heterocycles. The lowest BCUT2D eigenvalue weighted by Crippen LogP contribution is -2.69. The summed E-state index contributed by atoms with van der Waals surface area (Å²) in [4.78, 5) is 28.3. The van der Waals surface area contributed by atoms with Crippen LogP contribution in [-0.2, 0) is 20.7 Å². The zero-order valence-electron chi connectivity index (χ0n) is 14.6. The standard InChI is InChI=1S/C18H18F3N3O3/c1-12-7-6-10-14(22-12)23-17(16(26)27-2,18(19,20)21)24-15(25)11-13-8-4-3-5-9-13/h3-10H,11H2,1-2H3,(H,22,23)(H,24,25)/t17-/m1/s1. The molecule has 0 saturated carbocycles. The summed E-state index contributed by atoms with van der Waals surface area (Å²) in [5, 5.41) is 3.75. The van der Waals surface area contributed by atoms with E-state index in [2.05, 4.69) is 9.72 Å². The van der Waals surface area contributed by atoms with E-state index >= 15 is 0 Å². The van der Waals surface area contributed by atoms with Gasteiger partial charge in [-0.3, -0.25) is 4.79 Å². The molecule has 0 unspecified atom stereocenters. The molecule has 0 radical (unpaired) electrons. The third-order valence-corrected chi connectivity index (χ3v) is 3.66. The Kier molecular flexibility index (Phi) is 6.04. The molecule has 1 amide bonds. The lowest BCUT2D eigenvalue weighted by Gasteiger charge is -2.34. The molecule has 0 saturated heterocycles. The van der Waals surface area contributed by atoms with E-state index in [9.17, 15) is 22.8 Å². The Labute approximate surface area is 153 Å². The molecule has 0 spiro atoms. The second-order valence-corrected chi connectivity index (χ2v) is 5.74. The van der Waals surface area contributed by atoms with Crippen LogP contribution in [0.2, 0.25) is 0 Å². The summed E-state index contributed by atoms with van der Waals surface area (Å²) < 4.78 is 46.0. The number of nitrogens with zero attached hydrogens (tertiary/aromatic N) is 1. The number of carbonyl (C=O) groups excluding carboxylic acids is 2. The van der Waals surface area contributed by atoms with Gasteiger partial charge in [-0.05, 0) is 24.6 Å². The number of aryl methyl sites for hydroxylation is 1. The third kappa shape index (κ3) is 4.75. The molecule has 1 aromatic heterocycles. The number of pyridine rings is 1. The van der Waals surface area contributed by atoms with E-state index < -0.39 is 23.7 Å². The van der Waals surface area contributed by atoms with Crippen molar-refractivity contribution in [2.75, 3.05) is 12.4 Å². The summed E-state index contributed by atoms with van der Waals surface area (Å²) in [7, 11) is 0.803. The van der Waals surface area contributed by atoms with Crippen molar-refractivity contribution in [1.82, 2.24) is 10.3 Å². The number of hydrogen-bond acceptors (Lipinski definition) is 5. The zero-order valence-corrected chi connectivity index (χ0v) is 14.6. The summed E-state index contributed by atoms with van der Waals surface area (Å²) in [6.45, 7) is 1.58. The average Bonchev–Trinajstić information content (AvgIpc) is 2.60. The van der Waals surface area contributed by atoms with Gasteiger partial charge in [-0.1, -0.05) is 36.4 Å². The van der Waals surface area contributed by atoms with Gasteiger partial charge in [-0.25, -0.2) is 9.78 Å². The monoisotopic (exact) mass is 381 g/mol. The van der Waals surface area contributed by atoms with Crippen molar-refractivity contribution in [3.63, 3.8) is 0 Å². The van der Waals surface area contributed by atoms with E-state index in [0.29, 0.717) is 11.3 Å². The Morgan fingerprint density at radius 1 is 1.07 bits per heavy atom. The highest BCUT2D eigenvalue weighted by Crippen LogP contribution is 2.32. The summed E-state index contributed by atoms with van der Waals surface area (Å²) in [6.07, 6.45) is -5.55. The van der Waals surface area contributed by atoms with Gasteiger partial charge in [0.15, 0.2) is 0 Å². The van der Waals surface area contributed by atoms with Crippen LogP contribution in [0.15, 0.2) is 48.5 Å². The molecule has 0 fully saturated rings. The van der Waals surface area contributed by atoms with Crippen molar-refractivity contribution in [3.8, 4) is 0 Å². The number of amides is 1. The highest BCUT2D eigenvalue weighted by Gasteiger charge is 2.63. The predicted octanol–water partition coefficient (Wildman–Crippen LogP) is 2.59. The smallest absolute Gasteiger partial charge is 0.441 e. The molecule has 0 aliphatic heterocycles. The van der Waals surface area contributed by atoms with E-state index in [1.807, 2.05) is 5.32 Å². The molecule has 0 bridgehead atoms. The van der Waals surface area contributed by atoms with Crippen molar-refractivity contribution >= 4 is 17.7 Å². The molecule has 144 valence electrons. The maximum absolute atomic E-state index is 13.9. The molecule has 2 N–H and O–H groups in total. The van der Waals surface area contributed by atoms with E-state index in [1.165, 1.54) is 12.1 Å². The maximum atomic E-state index is 13.9. The second kappa shape index (κ2) is 8.07. The Bertz CT molecular complexity index is 812. The lowest BCUT2D eigenvalue weighted by atomic mass is 10.1. The van der Waals surface area contributed by atoms with Crippen LogP contribution < -0.4 is 10.6 Å². The van der Waals surface area contributed by atoms with Crippen molar-refractivity contribution in [3.05, 3.63) is 59.8 Å². The van der Waals surface area contributed by atoms with Crippen LogP contribution >= 0.6 is 0 Å². The van der Waals surface area contributed by atoms with Crippen LogP contribution in [0.25, 0.3) is 0 Å². The van der Waals surface area contributed by atoms with Gasteiger partial charge >= 0.3 is 17.8 Å². The number of nitrogens with one attached hydrogen (secondary N) is 2. The third-order valence-electron chi connectivity index (χ3n) is 3.66. The van der Waals surface area contributed by atoms with Gasteiger partial charge in [0, 0.05) is 5.69 Å². The number of ether oxygens (including phenoxy) is 1. The first-order valence-corrected chi connectivity index (χ1v) is 7.90. The fraction of sp³-hybridized carbons (Fsp3) is 0.278. The number of alkyl halides is 3. The number of anilines is 1. The predicted molar refractivity (Wildman–Crippen MR) is 91.7 cm³/mol. The quantitative estimate of drug-likeness (QED) is 0.594. The number of rotatable bonds is 6. The van der Waals surface area contributed by atoms with Crippen LogP contribution in [0.5, 0.6) is 0 Å². The molecule has 27 heavy (non-hydrogen) atoms. The minimum atomic E-state index is -5.20. The SMILES string of the molecule is COC(=O)[C@](NC(=O)Cc1ccccc1)(Nc1cccc(C)n1)C(F)(F)F. The topological polar surface area (TPSA) is 80.3 Å². The van der Waals surface area contributed by atoms with E-state index in [1.54, 1.807) is 48.6 Å². The van der Waals surface area contributed by atoms with Gasteiger partial charge < -0.3 is 15.4 Å². The number of benzene rings is 1. The number of aromatic nitrogens is 1. The average molecular weight is 381 g/mol. The Balaban J connectivity index is 2.38. The highest BCUT2D eigenvalue weighted by molar-refractivity contribution is 5.91. The van der Waals surface area contributed by atoms with Gasteiger partial charge in [0.05, 0.1) is 13.5 Å². The van der Waals surface area contributed by atoms with Gasteiger partial charge in [-0.2, -0.15) is 13.2 Å². The summed E-state index contributed by atoms with van der Waals surface area (Å²) in [5.41, 5.74) is -2.56. The van der Waals surface area contributed by atoms with Crippen molar-refractivity contribution in [1.29, 1.82) is 0 Å². The Morgan fingerprint density at radius 2 is 1.74 bits per heavy atom. The number of esters is 1. The molecule has 9 heteroatoms. The van der Waals surface area contributed by atoms with Crippen LogP contribution in [0.1, 0.15) is 11.3 Å². The number of halogens is 3. The Hall–Kier alpha value is -3.10. The van der Waals surface area contributed by atoms with Gasteiger partial charge in [0.2, 0.25) is 5.91 Å². The molecule has 1 atom stereocenters. The minimum Gasteiger partial charge on any atom is -0.466 e. The summed E-state index contributed by atoms with van der Waals surface area (Å²) in [5.74, 6) is -2.96. The molecule has 2 rings (SSSR count). The molecule has 2 aromatic rings. The molecule has 1 aromatic carbocycles. The number of hydrogen-bond donors (Lipinski definition) is 2. The van der Waals surface area contributed by atoms with Crippen molar-refractivity contribution in [2.45, 2.75) is 25.2 Å². The van der Waals surface area contributed by atoms with Crippen molar-refractivity contribution in [2.24, 2.45) is 0 Å². The fourth-order valence-electron chi connectivity index (χ4n) is 2.38. The van der Waals surface area contributed by atoms with Crippen molar-refractivity contribution < 1.29 is 27.5 Å². The molecule has 6 nitrogen and oxygen atoms in total. The molecule has 0 aliphatic rings. The number of methoxy groups -OCH3 is 1. The van der Waals surface area contributed by atoms with E-state index in [-0.39, 0.29) is 12.2 Å². The van der Waals surface area contributed by atoms with Crippen LogP contribution in [0, 0.1) is 6.92 Å². The van der Waals surface area contributed by atoms with Gasteiger partial charge in [0.1, 0.15) is 5.82 Å². The maximum Gasteiger partial charge on any atom is 0.441 e. The first kappa shape index (κ1) is 20.2. The van der Waals surface area contributed by atoms with Crippen LogP contribution in [0.4, 0.5) is 19.0 Å². The van der Waals surface area contributed by atoms with Gasteiger partial charge in [0.25, 0.3) is 0 Å². The summed E-state index contributed by atoms with van der Waals surface area (Å²) >= 11 is 0. The number of carbonyl (C=O) groups is 2. The fourth-order valence-corrected chi connectivity index (χ4v) is 2.38. The zero-order chi connectivity index (χ0) is 20.1. The molecular weight excluding hydrogens is 363 g/mol. The first-order chi connectivity index (χ1) is 12.7. The molecule has 0 aliphatic carbocycles. The highest BCUT2D eigenvalue weighted by atomic mass is 19.4. The second-order valence-electron chi connectivity index (χ2n) is 5.74. The largest absolute Gasteiger partial charge is 0.466 e. The van der Waals surface area contributed by atoms with E-state index in [4.69, 9.17) is 0 Å². The van der Waals surface area contributed by atoms with E-state index in [0.717, 1.165) is 7.11 Å². The summed E-state index contributed by atoms with van der Waals surface area (Å²) in [6, 6.07) is 12.5. The normalized spacial score (nSPS) is 13.4. The Morgan fingerprint density at radius 3 is 2.30 bits per heavy atom. The van der Waals surface area contributed by atoms with Crippen LogP contribution in [-0.4, -0.2) is 35.8 Å². The minimum absolute atomic E-state index is 0.238. The van der Waals surface area contributed by atoms with Gasteiger partial charge in [-0.15, -0.1) is 0 Å². The molecular formula is C18H18F3N3O3. The van der Waals surface area contributed by atoms with Crippen LogP contribution in [0.3, 0.4) is 0 Å².